The Kier molecular flexibility index (Phi) is 6.19. The zero-order valence-corrected chi connectivity index (χ0v) is 8.11. The molecule has 1 heteroatoms. The predicted octanol–water partition coefficient (Wildman–Crippen LogP) is 3.63. The lowest BCUT2D eigenvalue weighted by Crippen LogP contribution is -1.90. The normalized spacial score (nSPS) is 10.5. The van der Waals surface area contributed by atoms with E-state index in [9.17, 15) is 0 Å². The summed E-state index contributed by atoms with van der Waals surface area (Å²) in [5, 5.41) is 7.21. The summed E-state index contributed by atoms with van der Waals surface area (Å²) in [5.41, 5.74) is 0.828. The number of nitrogens with one attached hydrogen (secondary N) is 1. The second-order valence-corrected chi connectivity index (χ2v) is 3.77. The lowest BCUT2D eigenvalue weighted by Gasteiger charge is -2.03. The van der Waals surface area contributed by atoms with Gasteiger partial charge in [-0.25, -0.2) is 0 Å². The van der Waals surface area contributed by atoms with Crippen molar-refractivity contribution in [1.82, 2.24) is 0 Å². The van der Waals surface area contributed by atoms with Crippen LogP contribution in [0.5, 0.6) is 0 Å². The predicted molar refractivity (Wildman–Crippen MR) is 51.3 cm³/mol. The molecular weight excluding hydrogens is 134 g/mol. The van der Waals surface area contributed by atoms with Crippen molar-refractivity contribution in [1.29, 1.82) is 5.41 Å². The summed E-state index contributed by atoms with van der Waals surface area (Å²) in [5.74, 6) is 0.844. The minimum atomic E-state index is 0.828. The fourth-order valence-electron chi connectivity index (χ4n) is 1.12. The van der Waals surface area contributed by atoms with Crippen LogP contribution >= 0.6 is 0 Å². The summed E-state index contributed by atoms with van der Waals surface area (Å²) >= 11 is 0. The highest BCUT2D eigenvalue weighted by atomic mass is 14.4. The van der Waals surface area contributed by atoms with E-state index in [2.05, 4.69) is 13.8 Å². The summed E-state index contributed by atoms with van der Waals surface area (Å²) in [6, 6.07) is 0. The van der Waals surface area contributed by atoms with E-state index < -0.39 is 0 Å². The summed E-state index contributed by atoms with van der Waals surface area (Å²) in [7, 11) is 0. The molecule has 66 valence electrons. The van der Waals surface area contributed by atoms with Crippen LogP contribution in [-0.2, 0) is 0 Å². The summed E-state index contributed by atoms with van der Waals surface area (Å²) in [6.07, 6.45) is 6.19. The molecule has 0 radical (unpaired) electrons. The molecule has 0 aliphatic carbocycles. The first kappa shape index (κ1) is 10.7. The fourth-order valence-corrected chi connectivity index (χ4v) is 1.12. The van der Waals surface area contributed by atoms with Crippen molar-refractivity contribution in [3.05, 3.63) is 0 Å². The second-order valence-electron chi connectivity index (χ2n) is 3.77. The quantitative estimate of drug-likeness (QED) is 0.447. The van der Waals surface area contributed by atoms with E-state index in [-0.39, 0.29) is 0 Å². The third-order valence-electron chi connectivity index (χ3n) is 1.83. The Morgan fingerprint density at radius 2 is 1.82 bits per heavy atom. The van der Waals surface area contributed by atoms with E-state index in [1.807, 2.05) is 6.92 Å². The van der Waals surface area contributed by atoms with Crippen LogP contribution in [-0.4, -0.2) is 5.71 Å². The van der Waals surface area contributed by atoms with Gasteiger partial charge in [0.05, 0.1) is 0 Å². The maximum atomic E-state index is 7.21. The molecule has 0 saturated carbocycles. The summed E-state index contributed by atoms with van der Waals surface area (Å²) in [6.45, 7) is 6.42. The molecule has 0 aliphatic rings. The Labute approximate surface area is 70.7 Å². The van der Waals surface area contributed by atoms with Crippen molar-refractivity contribution in [2.24, 2.45) is 5.92 Å². The van der Waals surface area contributed by atoms with Gasteiger partial charge in [-0.15, -0.1) is 0 Å². The summed E-state index contributed by atoms with van der Waals surface area (Å²) in [4.78, 5) is 0. The fraction of sp³-hybridized carbons (Fsp3) is 0.900. The van der Waals surface area contributed by atoms with E-state index in [1.54, 1.807) is 0 Å². The van der Waals surface area contributed by atoms with Crippen LogP contribution in [0.3, 0.4) is 0 Å². The monoisotopic (exact) mass is 155 g/mol. The molecule has 0 saturated heterocycles. The van der Waals surface area contributed by atoms with Gasteiger partial charge in [0.25, 0.3) is 0 Å². The van der Waals surface area contributed by atoms with E-state index >= 15 is 0 Å². The maximum Gasteiger partial charge on any atom is 0.00582 e. The van der Waals surface area contributed by atoms with Gasteiger partial charge >= 0.3 is 0 Å². The standard InChI is InChI=1S/C10H21N/c1-9(2)7-5-4-6-8-10(3)11/h9,11H,4-8H2,1-3H3. The van der Waals surface area contributed by atoms with Crippen molar-refractivity contribution in [2.45, 2.75) is 52.9 Å². The first-order valence-electron chi connectivity index (χ1n) is 4.67. The van der Waals surface area contributed by atoms with E-state index in [0.29, 0.717) is 0 Å². The van der Waals surface area contributed by atoms with Crippen molar-refractivity contribution >= 4 is 5.71 Å². The van der Waals surface area contributed by atoms with Gasteiger partial charge in [0.1, 0.15) is 0 Å². The Morgan fingerprint density at radius 1 is 1.18 bits per heavy atom. The third-order valence-corrected chi connectivity index (χ3v) is 1.83. The third kappa shape index (κ3) is 9.67. The highest BCUT2D eigenvalue weighted by Gasteiger charge is 1.94. The van der Waals surface area contributed by atoms with Crippen LogP contribution in [0.1, 0.15) is 52.9 Å². The number of rotatable bonds is 6. The smallest absolute Gasteiger partial charge is 0.00582 e. The van der Waals surface area contributed by atoms with Crippen molar-refractivity contribution in [3.8, 4) is 0 Å². The molecule has 0 aromatic heterocycles. The lowest BCUT2D eigenvalue weighted by atomic mass is 10.0. The molecule has 11 heavy (non-hydrogen) atoms. The molecule has 0 heterocycles. The Morgan fingerprint density at radius 3 is 2.27 bits per heavy atom. The molecule has 0 aromatic carbocycles. The van der Waals surface area contributed by atoms with E-state index in [4.69, 9.17) is 5.41 Å². The minimum Gasteiger partial charge on any atom is -0.310 e. The molecule has 0 aliphatic heterocycles. The van der Waals surface area contributed by atoms with Crippen molar-refractivity contribution < 1.29 is 0 Å². The zero-order chi connectivity index (χ0) is 8.69. The van der Waals surface area contributed by atoms with Gasteiger partial charge < -0.3 is 5.41 Å². The molecule has 0 aromatic rings. The van der Waals surface area contributed by atoms with Gasteiger partial charge in [-0.1, -0.05) is 33.1 Å². The second kappa shape index (κ2) is 6.38. The molecule has 0 amide bonds. The van der Waals surface area contributed by atoms with Gasteiger partial charge in [0, 0.05) is 5.71 Å². The van der Waals surface area contributed by atoms with Crippen LogP contribution in [0, 0.1) is 11.3 Å². The van der Waals surface area contributed by atoms with Crippen LogP contribution < -0.4 is 0 Å². The van der Waals surface area contributed by atoms with Crippen LogP contribution in [0.15, 0.2) is 0 Å². The van der Waals surface area contributed by atoms with Gasteiger partial charge in [-0.05, 0) is 25.7 Å². The largest absolute Gasteiger partial charge is 0.310 e. The van der Waals surface area contributed by atoms with E-state index in [0.717, 1.165) is 18.1 Å². The van der Waals surface area contributed by atoms with Gasteiger partial charge in [0.15, 0.2) is 0 Å². The highest BCUT2D eigenvalue weighted by molar-refractivity contribution is 5.78. The molecule has 0 atom stereocenters. The topological polar surface area (TPSA) is 23.9 Å². The van der Waals surface area contributed by atoms with Crippen LogP contribution in [0.2, 0.25) is 0 Å². The molecular formula is C10H21N. The highest BCUT2D eigenvalue weighted by Crippen LogP contribution is 2.09. The van der Waals surface area contributed by atoms with E-state index in [1.165, 1.54) is 25.7 Å². The van der Waals surface area contributed by atoms with Crippen molar-refractivity contribution in [2.75, 3.05) is 0 Å². The molecule has 0 unspecified atom stereocenters. The molecule has 0 rings (SSSR count). The molecule has 0 bridgehead atoms. The Bertz CT molecular complexity index is 105. The number of hydrogen-bond donors (Lipinski definition) is 1. The SMILES string of the molecule is CC(=N)CCCCCC(C)C. The maximum absolute atomic E-state index is 7.21. The zero-order valence-electron chi connectivity index (χ0n) is 8.11. The Hall–Kier alpha value is -0.330. The molecule has 1 N–H and O–H groups in total. The molecule has 0 fully saturated rings. The Balaban J connectivity index is 2.97. The molecule has 1 nitrogen and oxygen atoms in total. The average Bonchev–Trinajstić information content (AvgIpc) is 1.85. The first-order chi connectivity index (χ1) is 5.13. The minimum absolute atomic E-state index is 0.828. The molecule has 0 spiro atoms. The van der Waals surface area contributed by atoms with Crippen LogP contribution in [0.25, 0.3) is 0 Å². The lowest BCUT2D eigenvalue weighted by molar-refractivity contribution is 0.530. The number of hydrogen-bond acceptors (Lipinski definition) is 1. The average molecular weight is 155 g/mol. The van der Waals surface area contributed by atoms with Gasteiger partial charge in [-0.2, -0.15) is 0 Å². The number of unbranched alkanes of at least 4 members (excludes halogenated alkanes) is 2. The first-order valence-corrected chi connectivity index (χ1v) is 4.67. The van der Waals surface area contributed by atoms with Gasteiger partial charge in [0.2, 0.25) is 0 Å². The van der Waals surface area contributed by atoms with Crippen molar-refractivity contribution in [3.63, 3.8) is 0 Å². The summed E-state index contributed by atoms with van der Waals surface area (Å²) < 4.78 is 0. The van der Waals surface area contributed by atoms with Crippen LogP contribution in [0.4, 0.5) is 0 Å². The van der Waals surface area contributed by atoms with Gasteiger partial charge in [-0.3, -0.25) is 0 Å².